The molecule has 2 amide bonds. The van der Waals surface area contributed by atoms with Gasteiger partial charge in [0.2, 0.25) is 6.79 Å². The number of phosphoric ester groups is 1. The minimum Gasteiger partial charge on any atom is -0.459 e. The average Bonchev–Trinajstić information content (AvgIpc) is 3.01. The Bertz CT molecular complexity index is 1270. The summed E-state index contributed by atoms with van der Waals surface area (Å²) in [6, 6.07) is 27.1. The number of nitrogens with zero attached hydrogens (tertiary/aromatic N) is 2. The van der Waals surface area contributed by atoms with Crippen LogP contribution in [-0.2, 0) is 52.2 Å². The molecule has 0 spiro atoms. The van der Waals surface area contributed by atoms with E-state index in [1.165, 1.54) is 7.05 Å². The second-order valence-corrected chi connectivity index (χ2v) is 10.9. The molecule has 0 heterocycles. The van der Waals surface area contributed by atoms with Crippen LogP contribution in [0.1, 0.15) is 16.7 Å². The summed E-state index contributed by atoms with van der Waals surface area (Å²) >= 11 is 5.62. The van der Waals surface area contributed by atoms with Crippen molar-refractivity contribution in [3.05, 3.63) is 108 Å². The summed E-state index contributed by atoms with van der Waals surface area (Å²) in [6.07, 6.45) is -0.846. The highest BCUT2D eigenvalue weighted by molar-refractivity contribution is 7.48. The van der Waals surface area contributed by atoms with Gasteiger partial charge >= 0.3 is 25.3 Å². The molecule has 0 fully saturated rings. The van der Waals surface area contributed by atoms with Crippen LogP contribution >= 0.6 is 19.4 Å². The number of carbonyl (C=O) groups excluding carboxylic acids is 3. The van der Waals surface area contributed by atoms with E-state index in [0.717, 1.165) is 26.5 Å². The lowest BCUT2D eigenvalue weighted by Gasteiger charge is -2.23. The lowest BCUT2D eigenvalue weighted by atomic mass is 10.2. The Kier molecular flexibility index (Phi) is 13.5. The van der Waals surface area contributed by atoms with Crippen molar-refractivity contribution in [2.24, 2.45) is 0 Å². The van der Waals surface area contributed by atoms with Gasteiger partial charge in [0.05, 0.1) is 13.2 Å². The van der Waals surface area contributed by atoms with Crippen molar-refractivity contribution in [2.75, 3.05) is 33.5 Å². The summed E-state index contributed by atoms with van der Waals surface area (Å²) in [5.41, 5.74) is 2.27. The first-order valence-electron chi connectivity index (χ1n) is 12.9. The number of carbonyl (C=O) groups is 3. The van der Waals surface area contributed by atoms with Crippen LogP contribution in [0, 0.1) is 0 Å². The molecule has 42 heavy (non-hydrogen) atoms. The molecule has 0 aliphatic rings. The van der Waals surface area contributed by atoms with Gasteiger partial charge in [-0.1, -0.05) is 91.0 Å². The number of phosphoric acid groups is 1. The van der Waals surface area contributed by atoms with Gasteiger partial charge in [-0.25, -0.2) is 13.9 Å². The lowest BCUT2D eigenvalue weighted by molar-refractivity contribution is -0.145. The van der Waals surface area contributed by atoms with Gasteiger partial charge in [-0.3, -0.25) is 18.6 Å². The number of benzene rings is 3. The molecule has 0 aromatic heterocycles. The zero-order valence-corrected chi connectivity index (χ0v) is 24.7. The number of hydrogen-bond acceptors (Lipinski definition) is 9. The molecule has 0 aliphatic heterocycles. The summed E-state index contributed by atoms with van der Waals surface area (Å²) in [7, 11) is -2.74. The predicted octanol–water partition coefficient (Wildman–Crippen LogP) is 5.97. The summed E-state index contributed by atoms with van der Waals surface area (Å²) < 4.78 is 39.7. The third-order valence-electron chi connectivity index (χ3n) is 5.69. The number of hydrogen-bond donors (Lipinski definition) is 0. The highest BCUT2D eigenvalue weighted by atomic mass is 35.5. The number of likely N-dealkylation sites (N-methyl/N-ethyl adjacent to an activating group) is 1. The van der Waals surface area contributed by atoms with Crippen LogP contribution < -0.4 is 0 Å². The van der Waals surface area contributed by atoms with E-state index in [4.69, 9.17) is 34.6 Å². The molecule has 3 aromatic carbocycles. The topological polar surface area (TPSA) is 121 Å². The highest BCUT2D eigenvalue weighted by Crippen LogP contribution is 2.50. The SMILES string of the molecule is CN(CCN(CC(=O)OCc1ccccc1)C(=O)Cl)C(=O)OCOP(=O)(OCc1ccccc1)OCc1ccccc1. The zero-order valence-electron chi connectivity index (χ0n) is 23.0. The maximum Gasteiger partial charge on any atom is 0.478 e. The molecule has 3 aromatic rings. The molecular weight excluding hydrogens is 587 g/mol. The molecule has 0 N–H and O–H groups in total. The van der Waals surface area contributed by atoms with E-state index in [1.54, 1.807) is 60.7 Å². The summed E-state index contributed by atoms with van der Waals surface area (Å²) in [4.78, 5) is 38.6. The molecule has 0 atom stereocenters. The monoisotopic (exact) mass is 618 g/mol. The average molecular weight is 619 g/mol. The molecule has 0 saturated heterocycles. The maximum atomic E-state index is 13.3. The van der Waals surface area contributed by atoms with E-state index in [0.29, 0.717) is 0 Å². The smallest absolute Gasteiger partial charge is 0.459 e. The van der Waals surface area contributed by atoms with Gasteiger partial charge in [-0.15, -0.1) is 0 Å². The summed E-state index contributed by atoms with van der Waals surface area (Å²) in [5.74, 6) is -0.659. The van der Waals surface area contributed by atoms with Gasteiger partial charge in [0.15, 0.2) is 0 Å². The van der Waals surface area contributed by atoms with Gasteiger partial charge in [-0.05, 0) is 28.3 Å². The van der Waals surface area contributed by atoms with Crippen molar-refractivity contribution in [2.45, 2.75) is 19.8 Å². The number of halogens is 1. The molecule has 0 bridgehead atoms. The lowest BCUT2D eigenvalue weighted by Crippen LogP contribution is -2.40. The summed E-state index contributed by atoms with van der Waals surface area (Å²) in [5, 5.41) is -0.885. The largest absolute Gasteiger partial charge is 0.478 e. The van der Waals surface area contributed by atoms with Gasteiger partial charge in [0.1, 0.15) is 13.2 Å². The van der Waals surface area contributed by atoms with Gasteiger partial charge in [-0.2, -0.15) is 0 Å². The first kappa shape index (κ1) is 32.8. The Morgan fingerprint density at radius 3 is 1.64 bits per heavy atom. The maximum absolute atomic E-state index is 13.3. The van der Waals surface area contributed by atoms with Crippen molar-refractivity contribution >= 4 is 36.9 Å². The van der Waals surface area contributed by atoms with Crippen LogP contribution in [0.25, 0.3) is 0 Å². The third kappa shape index (κ3) is 12.0. The minimum atomic E-state index is -4.14. The third-order valence-corrected chi connectivity index (χ3v) is 7.24. The first-order chi connectivity index (χ1) is 20.2. The van der Waals surface area contributed by atoms with Crippen LogP contribution in [0.3, 0.4) is 0 Å². The first-order valence-corrected chi connectivity index (χ1v) is 14.7. The molecule has 3 rings (SSSR count). The molecule has 224 valence electrons. The van der Waals surface area contributed by atoms with Crippen LogP contribution in [0.5, 0.6) is 0 Å². The molecule has 11 nitrogen and oxygen atoms in total. The Balaban J connectivity index is 1.46. The Morgan fingerprint density at radius 2 is 1.17 bits per heavy atom. The quantitative estimate of drug-likeness (QED) is 0.0628. The fourth-order valence-corrected chi connectivity index (χ4v) is 4.51. The van der Waals surface area contributed by atoms with Gasteiger partial charge in [0.25, 0.3) is 0 Å². The number of amides is 2. The minimum absolute atomic E-state index is 0.0318. The van der Waals surface area contributed by atoms with Crippen molar-refractivity contribution in [3.63, 3.8) is 0 Å². The number of esters is 1. The Morgan fingerprint density at radius 1 is 0.690 bits per heavy atom. The van der Waals surface area contributed by atoms with Crippen LogP contribution in [0.15, 0.2) is 91.0 Å². The van der Waals surface area contributed by atoms with Gasteiger partial charge < -0.3 is 19.3 Å². The molecule has 0 radical (unpaired) electrons. The Labute approximate surface area is 249 Å². The standard InChI is InChI=1S/C29H32ClN2O9P/c1-31(17-18-32(28(30)34)19-27(33)37-20-24-11-5-2-6-12-24)29(35)38-23-41-42(36,39-21-25-13-7-3-8-14-25)40-22-26-15-9-4-10-16-26/h2-16H,17-23H2,1H3. The van der Waals surface area contributed by atoms with E-state index in [9.17, 15) is 18.9 Å². The normalized spacial score (nSPS) is 11.0. The van der Waals surface area contributed by atoms with E-state index in [2.05, 4.69) is 0 Å². The fraction of sp³-hybridized carbons (Fsp3) is 0.276. The van der Waals surface area contributed by atoms with E-state index in [1.807, 2.05) is 30.3 Å². The van der Waals surface area contributed by atoms with Crippen molar-refractivity contribution < 1.29 is 42.0 Å². The number of rotatable bonds is 16. The predicted molar refractivity (Wildman–Crippen MR) is 154 cm³/mol. The molecule has 0 unspecified atom stereocenters. The van der Waals surface area contributed by atoms with Crippen LogP contribution in [-0.4, -0.2) is 60.7 Å². The van der Waals surface area contributed by atoms with Gasteiger partial charge in [0, 0.05) is 20.1 Å². The second-order valence-electron chi connectivity index (χ2n) is 8.86. The highest BCUT2D eigenvalue weighted by Gasteiger charge is 2.28. The number of ether oxygens (including phenoxy) is 2. The van der Waals surface area contributed by atoms with Crippen LogP contribution in [0.4, 0.5) is 9.59 Å². The molecule has 0 saturated carbocycles. The van der Waals surface area contributed by atoms with E-state index < -0.39 is 38.6 Å². The molecule has 0 aliphatic carbocycles. The molecule has 13 heteroatoms. The second kappa shape index (κ2) is 17.3. The fourth-order valence-electron chi connectivity index (χ4n) is 3.35. The Hall–Kier alpha value is -3.73. The van der Waals surface area contributed by atoms with E-state index in [-0.39, 0.29) is 32.9 Å². The van der Waals surface area contributed by atoms with Crippen molar-refractivity contribution in [1.82, 2.24) is 9.80 Å². The van der Waals surface area contributed by atoms with Crippen molar-refractivity contribution in [3.8, 4) is 0 Å². The molecular formula is C29H32ClN2O9P. The van der Waals surface area contributed by atoms with Crippen molar-refractivity contribution in [1.29, 1.82) is 0 Å². The zero-order chi connectivity index (χ0) is 30.2. The summed E-state index contributed by atoms with van der Waals surface area (Å²) in [6.45, 7) is -1.31. The van der Waals surface area contributed by atoms with E-state index >= 15 is 0 Å². The van der Waals surface area contributed by atoms with Crippen LogP contribution in [0.2, 0.25) is 0 Å².